The standard InChI is InChI=1S/C19H19N3O2/c1-13-6-5-7-15(10-13)11-18(23)21-17-9-4-3-8-16(17)12-19-20-14(2)22-24-19/h3-10H,11-12H2,1-2H3,(H,21,23). The van der Waals surface area contributed by atoms with E-state index in [1.54, 1.807) is 6.92 Å². The van der Waals surface area contributed by atoms with Crippen LogP contribution in [-0.2, 0) is 17.6 Å². The zero-order valence-corrected chi connectivity index (χ0v) is 13.7. The third kappa shape index (κ3) is 4.07. The molecule has 1 heterocycles. The molecule has 24 heavy (non-hydrogen) atoms. The molecule has 0 unspecified atom stereocenters. The van der Waals surface area contributed by atoms with Crippen LogP contribution in [0.25, 0.3) is 0 Å². The van der Waals surface area contributed by atoms with E-state index in [2.05, 4.69) is 15.5 Å². The first kappa shape index (κ1) is 15.9. The van der Waals surface area contributed by atoms with Crippen LogP contribution >= 0.6 is 0 Å². The second kappa shape index (κ2) is 7.08. The highest BCUT2D eigenvalue weighted by molar-refractivity contribution is 5.93. The van der Waals surface area contributed by atoms with Crippen LogP contribution in [-0.4, -0.2) is 16.0 Å². The fraction of sp³-hybridized carbons (Fsp3) is 0.211. The normalized spacial score (nSPS) is 10.6. The van der Waals surface area contributed by atoms with E-state index in [0.29, 0.717) is 24.6 Å². The number of hydrogen-bond acceptors (Lipinski definition) is 4. The lowest BCUT2D eigenvalue weighted by Gasteiger charge is -2.10. The van der Waals surface area contributed by atoms with Crippen LogP contribution in [0.4, 0.5) is 5.69 Å². The van der Waals surface area contributed by atoms with E-state index in [1.165, 1.54) is 0 Å². The number of para-hydroxylation sites is 1. The maximum absolute atomic E-state index is 12.3. The van der Waals surface area contributed by atoms with E-state index in [0.717, 1.165) is 22.4 Å². The average molecular weight is 321 g/mol. The van der Waals surface area contributed by atoms with Gasteiger partial charge >= 0.3 is 0 Å². The first-order valence-corrected chi connectivity index (χ1v) is 7.82. The summed E-state index contributed by atoms with van der Waals surface area (Å²) in [6.45, 7) is 3.80. The molecule has 0 saturated heterocycles. The van der Waals surface area contributed by atoms with Gasteiger partial charge in [-0.15, -0.1) is 0 Å². The molecule has 5 nitrogen and oxygen atoms in total. The Morgan fingerprint density at radius 2 is 1.96 bits per heavy atom. The summed E-state index contributed by atoms with van der Waals surface area (Å²) in [5, 5.41) is 6.77. The van der Waals surface area contributed by atoms with Crippen molar-refractivity contribution in [2.45, 2.75) is 26.7 Å². The quantitative estimate of drug-likeness (QED) is 0.781. The molecule has 2 aromatic carbocycles. The summed E-state index contributed by atoms with van der Waals surface area (Å²) in [4.78, 5) is 16.6. The first-order chi connectivity index (χ1) is 11.6. The topological polar surface area (TPSA) is 68.0 Å². The minimum Gasteiger partial charge on any atom is -0.339 e. The number of anilines is 1. The molecule has 3 aromatic rings. The lowest BCUT2D eigenvalue weighted by molar-refractivity contribution is -0.115. The molecule has 0 saturated carbocycles. The van der Waals surface area contributed by atoms with Gasteiger partial charge in [0.15, 0.2) is 5.82 Å². The number of rotatable bonds is 5. The van der Waals surface area contributed by atoms with Gasteiger partial charge in [0, 0.05) is 5.69 Å². The average Bonchev–Trinajstić information content (AvgIpc) is 2.94. The van der Waals surface area contributed by atoms with Crippen LogP contribution in [0.3, 0.4) is 0 Å². The number of hydrogen-bond donors (Lipinski definition) is 1. The number of carbonyl (C=O) groups is 1. The highest BCUT2D eigenvalue weighted by Crippen LogP contribution is 2.19. The van der Waals surface area contributed by atoms with Crippen molar-refractivity contribution in [1.29, 1.82) is 0 Å². The molecular weight excluding hydrogens is 302 g/mol. The Labute approximate surface area is 140 Å². The van der Waals surface area contributed by atoms with Crippen molar-refractivity contribution in [1.82, 2.24) is 10.1 Å². The summed E-state index contributed by atoms with van der Waals surface area (Å²) >= 11 is 0. The molecule has 0 spiro atoms. The molecule has 1 amide bonds. The van der Waals surface area contributed by atoms with Crippen LogP contribution in [0, 0.1) is 13.8 Å². The van der Waals surface area contributed by atoms with Crippen LogP contribution in [0.2, 0.25) is 0 Å². The lowest BCUT2D eigenvalue weighted by atomic mass is 10.1. The molecule has 3 rings (SSSR count). The number of aryl methyl sites for hydroxylation is 2. The molecule has 0 fully saturated rings. The van der Waals surface area contributed by atoms with Crippen molar-refractivity contribution in [2.24, 2.45) is 0 Å². The van der Waals surface area contributed by atoms with E-state index >= 15 is 0 Å². The molecule has 5 heteroatoms. The van der Waals surface area contributed by atoms with E-state index in [9.17, 15) is 4.79 Å². The van der Waals surface area contributed by atoms with Crippen LogP contribution in [0.1, 0.15) is 28.4 Å². The van der Waals surface area contributed by atoms with Crippen molar-refractivity contribution in [3.05, 3.63) is 76.9 Å². The van der Waals surface area contributed by atoms with E-state index in [1.807, 2.05) is 55.5 Å². The molecule has 1 N–H and O–H groups in total. The Kier molecular flexibility index (Phi) is 4.70. The summed E-state index contributed by atoms with van der Waals surface area (Å²) in [5.74, 6) is 1.09. The predicted molar refractivity (Wildman–Crippen MR) is 91.8 cm³/mol. The Hall–Kier alpha value is -2.95. The van der Waals surface area contributed by atoms with Crippen molar-refractivity contribution in [3.8, 4) is 0 Å². The first-order valence-electron chi connectivity index (χ1n) is 7.82. The third-order valence-corrected chi connectivity index (χ3v) is 3.65. The van der Waals surface area contributed by atoms with Gasteiger partial charge in [-0.05, 0) is 31.0 Å². The van der Waals surface area contributed by atoms with E-state index < -0.39 is 0 Å². The van der Waals surface area contributed by atoms with Gasteiger partial charge in [0.05, 0.1) is 12.8 Å². The summed E-state index contributed by atoms with van der Waals surface area (Å²) in [6, 6.07) is 15.6. The lowest BCUT2D eigenvalue weighted by Crippen LogP contribution is -2.15. The molecule has 0 aliphatic rings. The molecule has 122 valence electrons. The fourth-order valence-corrected chi connectivity index (χ4v) is 2.57. The molecule has 0 bridgehead atoms. The summed E-state index contributed by atoms with van der Waals surface area (Å²) < 4.78 is 5.16. The number of nitrogens with one attached hydrogen (secondary N) is 1. The minimum atomic E-state index is -0.0465. The maximum Gasteiger partial charge on any atom is 0.231 e. The predicted octanol–water partition coefficient (Wildman–Crippen LogP) is 3.46. The second-order valence-corrected chi connectivity index (χ2v) is 5.78. The maximum atomic E-state index is 12.3. The Morgan fingerprint density at radius 3 is 2.71 bits per heavy atom. The number of benzene rings is 2. The molecule has 0 aliphatic carbocycles. The number of carbonyl (C=O) groups excluding carboxylic acids is 1. The highest BCUT2D eigenvalue weighted by atomic mass is 16.5. The van der Waals surface area contributed by atoms with Crippen LogP contribution in [0.15, 0.2) is 53.1 Å². The van der Waals surface area contributed by atoms with Crippen molar-refractivity contribution in [2.75, 3.05) is 5.32 Å². The van der Waals surface area contributed by atoms with Crippen molar-refractivity contribution >= 4 is 11.6 Å². The molecule has 0 atom stereocenters. The molecular formula is C19H19N3O2. The van der Waals surface area contributed by atoms with Gasteiger partial charge in [0.2, 0.25) is 11.8 Å². The summed E-state index contributed by atoms with van der Waals surface area (Å²) in [6.07, 6.45) is 0.831. The molecule has 0 aliphatic heterocycles. The molecule has 0 radical (unpaired) electrons. The van der Waals surface area contributed by atoms with Gasteiger partial charge in [-0.25, -0.2) is 0 Å². The smallest absolute Gasteiger partial charge is 0.231 e. The van der Waals surface area contributed by atoms with Gasteiger partial charge in [-0.3, -0.25) is 4.79 Å². The summed E-state index contributed by atoms with van der Waals surface area (Å²) in [7, 11) is 0. The number of amides is 1. The van der Waals surface area contributed by atoms with E-state index in [-0.39, 0.29) is 5.91 Å². The number of aromatic nitrogens is 2. The van der Waals surface area contributed by atoms with Crippen molar-refractivity contribution < 1.29 is 9.32 Å². The van der Waals surface area contributed by atoms with Gasteiger partial charge in [-0.2, -0.15) is 4.98 Å². The second-order valence-electron chi connectivity index (χ2n) is 5.78. The SMILES string of the molecule is Cc1cccc(CC(=O)Nc2ccccc2Cc2nc(C)no2)c1. The molecule has 1 aromatic heterocycles. The fourth-order valence-electron chi connectivity index (χ4n) is 2.57. The minimum absolute atomic E-state index is 0.0465. The Balaban J connectivity index is 1.71. The third-order valence-electron chi connectivity index (χ3n) is 3.65. The number of nitrogens with zero attached hydrogens (tertiary/aromatic N) is 2. The van der Waals surface area contributed by atoms with E-state index in [4.69, 9.17) is 4.52 Å². The largest absolute Gasteiger partial charge is 0.339 e. The Morgan fingerprint density at radius 1 is 1.12 bits per heavy atom. The van der Waals surface area contributed by atoms with Crippen LogP contribution in [0.5, 0.6) is 0 Å². The van der Waals surface area contributed by atoms with Gasteiger partial charge in [-0.1, -0.05) is 53.2 Å². The zero-order chi connectivity index (χ0) is 16.9. The van der Waals surface area contributed by atoms with Crippen LogP contribution < -0.4 is 5.32 Å². The van der Waals surface area contributed by atoms with Crippen molar-refractivity contribution in [3.63, 3.8) is 0 Å². The monoisotopic (exact) mass is 321 g/mol. The Bertz CT molecular complexity index is 855. The summed E-state index contributed by atoms with van der Waals surface area (Å²) in [5.41, 5.74) is 3.86. The zero-order valence-electron chi connectivity index (χ0n) is 13.7. The van der Waals surface area contributed by atoms with Gasteiger partial charge < -0.3 is 9.84 Å². The van der Waals surface area contributed by atoms with Gasteiger partial charge in [0.1, 0.15) is 0 Å². The van der Waals surface area contributed by atoms with Gasteiger partial charge in [0.25, 0.3) is 0 Å². The highest BCUT2D eigenvalue weighted by Gasteiger charge is 2.11.